The number of carbonyl (C=O) groups is 2. The van der Waals surface area contributed by atoms with E-state index in [-0.39, 0.29) is 18.9 Å². The lowest BCUT2D eigenvalue weighted by Gasteiger charge is -2.16. The smallest absolute Gasteiger partial charge is 0.303 e. The number of nitrogens with zero attached hydrogens (tertiary/aromatic N) is 1. The molecule has 3 aromatic carbocycles. The van der Waals surface area contributed by atoms with E-state index in [1.54, 1.807) is 6.08 Å². The molecule has 1 aliphatic rings. The first-order chi connectivity index (χ1) is 20.8. The van der Waals surface area contributed by atoms with Crippen molar-refractivity contribution in [2.24, 2.45) is 5.92 Å². The number of hydrogen-bond donors (Lipinski definition) is 2. The highest BCUT2D eigenvalue weighted by molar-refractivity contribution is 8.06. The minimum absolute atomic E-state index is 0.0233. The molecular formula is C33H30Cl2N2O5S. The minimum atomic E-state index is -0.891. The van der Waals surface area contributed by atoms with Gasteiger partial charge in [0.2, 0.25) is 11.8 Å². The highest BCUT2D eigenvalue weighted by Gasteiger charge is 2.31. The van der Waals surface area contributed by atoms with Gasteiger partial charge in [-0.25, -0.2) is 4.98 Å². The third-order valence-corrected chi connectivity index (χ3v) is 8.89. The Morgan fingerprint density at radius 3 is 2.51 bits per heavy atom. The van der Waals surface area contributed by atoms with Crippen LogP contribution >= 0.6 is 35.0 Å². The molecule has 2 atom stereocenters. The van der Waals surface area contributed by atoms with E-state index < -0.39 is 16.6 Å². The van der Waals surface area contributed by atoms with Crippen molar-refractivity contribution in [3.63, 3.8) is 0 Å². The van der Waals surface area contributed by atoms with Gasteiger partial charge in [-0.1, -0.05) is 71.9 Å². The van der Waals surface area contributed by atoms with Gasteiger partial charge in [0.1, 0.15) is 11.5 Å². The molecule has 2 unspecified atom stereocenters. The lowest BCUT2D eigenvalue weighted by molar-refractivity contribution is -0.137. The van der Waals surface area contributed by atoms with Gasteiger partial charge in [0.25, 0.3) is 0 Å². The summed E-state index contributed by atoms with van der Waals surface area (Å²) in [5.74, 6) is 0.213. The summed E-state index contributed by atoms with van der Waals surface area (Å²) >= 11 is 13.5. The molecule has 0 fully saturated rings. The second-order valence-electron chi connectivity index (χ2n) is 10.1. The van der Waals surface area contributed by atoms with Gasteiger partial charge < -0.3 is 19.6 Å². The zero-order valence-corrected chi connectivity index (χ0v) is 25.7. The number of amides is 1. The lowest BCUT2D eigenvalue weighted by Crippen LogP contribution is -2.32. The van der Waals surface area contributed by atoms with E-state index in [1.165, 1.54) is 11.8 Å². The molecule has 2 N–H and O–H groups in total. The number of halogens is 2. The molecule has 0 radical (unpaired) electrons. The lowest BCUT2D eigenvalue weighted by atomic mass is 10.0. The van der Waals surface area contributed by atoms with Crippen LogP contribution in [-0.4, -0.2) is 33.3 Å². The van der Waals surface area contributed by atoms with Crippen molar-refractivity contribution in [3.05, 3.63) is 106 Å². The van der Waals surface area contributed by atoms with Crippen LogP contribution in [0.25, 0.3) is 22.6 Å². The molecule has 10 heteroatoms. The summed E-state index contributed by atoms with van der Waals surface area (Å²) in [4.78, 5) is 28.7. The van der Waals surface area contributed by atoms with Crippen molar-refractivity contribution in [2.45, 2.75) is 37.4 Å². The third-order valence-electron chi connectivity index (χ3n) is 7.08. The molecule has 0 saturated heterocycles. The summed E-state index contributed by atoms with van der Waals surface area (Å²) in [6.07, 6.45) is 2.48. The Balaban J connectivity index is 1.24. The van der Waals surface area contributed by atoms with E-state index in [2.05, 4.69) is 29.6 Å². The van der Waals surface area contributed by atoms with Crippen LogP contribution < -0.4 is 10.1 Å². The normalized spacial score (nSPS) is 16.1. The summed E-state index contributed by atoms with van der Waals surface area (Å²) in [6, 6.07) is 23.7. The molecular weight excluding hydrogens is 607 g/mol. The number of hydrogen-bond acceptors (Lipinski definition) is 6. The fraction of sp³-hybridized carbons (Fsp3) is 0.242. The second kappa shape index (κ2) is 14.2. The topological polar surface area (TPSA) is 102 Å². The minimum Gasteiger partial charge on any atom is -0.493 e. The maximum Gasteiger partial charge on any atom is 0.303 e. The van der Waals surface area contributed by atoms with E-state index in [0.717, 1.165) is 39.3 Å². The summed E-state index contributed by atoms with van der Waals surface area (Å²) in [5, 5.41) is 12.1. The quantitative estimate of drug-likeness (QED) is 0.155. The Morgan fingerprint density at radius 1 is 1.00 bits per heavy atom. The molecule has 0 saturated carbocycles. The first-order valence-electron chi connectivity index (χ1n) is 13.8. The van der Waals surface area contributed by atoms with Crippen molar-refractivity contribution < 1.29 is 23.8 Å². The van der Waals surface area contributed by atoms with Gasteiger partial charge in [-0.3, -0.25) is 9.59 Å². The van der Waals surface area contributed by atoms with Crippen molar-refractivity contribution >= 4 is 46.8 Å². The molecule has 1 aliphatic heterocycles. The van der Waals surface area contributed by atoms with Crippen LogP contribution in [0.4, 0.5) is 0 Å². The van der Waals surface area contributed by atoms with Crippen molar-refractivity contribution in [3.8, 4) is 28.3 Å². The van der Waals surface area contributed by atoms with Gasteiger partial charge >= 0.3 is 5.97 Å². The number of carbonyl (C=O) groups excluding carboxylic acids is 1. The number of ether oxygens (including phenoxy) is 1. The molecule has 2 heterocycles. The molecule has 4 aromatic rings. The molecule has 0 bridgehead atoms. The Labute approximate surface area is 264 Å². The van der Waals surface area contributed by atoms with Crippen LogP contribution in [0.5, 0.6) is 5.75 Å². The number of aliphatic carboxylic acids is 1. The van der Waals surface area contributed by atoms with Crippen LogP contribution in [0.1, 0.15) is 29.0 Å². The first-order valence-corrected chi connectivity index (χ1v) is 15.5. The molecule has 7 nitrogen and oxygen atoms in total. The number of carboxylic acids is 1. The molecule has 5 rings (SSSR count). The summed E-state index contributed by atoms with van der Waals surface area (Å²) in [7, 11) is 0. The fourth-order valence-electron chi connectivity index (χ4n) is 4.79. The monoisotopic (exact) mass is 636 g/mol. The number of oxazole rings is 1. The van der Waals surface area contributed by atoms with Crippen molar-refractivity contribution in [1.29, 1.82) is 0 Å². The molecule has 222 valence electrons. The Morgan fingerprint density at radius 2 is 1.77 bits per heavy atom. The molecule has 43 heavy (non-hydrogen) atoms. The van der Waals surface area contributed by atoms with Gasteiger partial charge in [0.05, 0.1) is 27.3 Å². The molecule has 1 aromatic heterocycles. The van der Waals surface area contributed by atoms with Gasteiger partial charge in [-0.2, -0.15) is 0 Å². The van der Waals surface area contributed by atoms with E-state index in [9.17, 15) is 14.7 Å². The number of thioether (sulfide) groups is 1. The highest BCUT2D eigenvalue weighted by atomic mass is 35.5. The van der Waals surface area contributed by atoms with Crippen LogP contribution in [0, 0.1) is 12.8 Å². The first kappa shape index (κ1) is 30.7. The largest absolute Gasteiger partial charge is 0.493 e. The summed E-state index contributed by atoms with van der Waals surface area (Å²) < 4.78 is 12.1. The van der Waals surface area contributed by atoms with Crippen LogP contribution in [-0.2, 0) is 29.0 Å². The highest BCUT2D eigenvalue weighted by Crippen LogP contribution is 2.41. The number of aromatic nitrogens is 1. The van der Waals surface area contributed by atoms with Gasteiger partial charge in [-0.05, 0) is 65.9 Å². The fourth-order valence-corrected chi connectivity index (χ4v) is 6.61. The predicted octanol–water partition coefficient (Wildman–Crippen LogP) is 7.58. The van der Waals surface area contributed by atoms with Crippen LogP contribution in [0.3, 0.4) is 0 Å². The van der Waals surface area contributed by atoms with E-state index >= 15 is 0 Å². The Kier molecular flexibility index (Phi) is 10.1. The Bertz CT molecular complexity index is 1640. The van der Waals surface area contributed by atoms with E-state index in [4.69, 9.17) is 37.3 Å². The van der Waals surface area contributed by atoms with Crippen LogP contribution in [0.15, 0.2) is 87.7 Å². The van der Waals surface area contributed by atoms with E-state index in [0.29, 0.717) is 35.5 Å². The predicted molar refractivity (Wildman–Crippen MR) is 170 cm³/mol. The van der Waals surface area contributed by atoms with Gasteiger partial charge in [-0.15, -0.1) is 11.6 Å². The average Bonchev–Trinajstić information content (AvgIpc) is 3.55. The molecule has 0 spiro atoms. The van der Waals surface area contributed by atoms with Crippen LogP contribution in [0.2, 0.25) is 0 Å². The zero-order valence-electron chi connectivity index (χ0n) is 23.4. The van der Waals surface area contributed by atoms with Crippen molar-refractivity contribution in [1.82, 2.24) is 10.3 Å². The van der Waals surface area contributed by atoms with Gasteiger partial charge in [0.15, 0.2) is 0 Å². The average molecular weight is 638 g/mol. The number of aryl methyl sites for hydroxylation is 2. The maximum atomic E-state index is 12.7. The SMILES string of the molecule is Cc1oc(-c2cccc(-c3ccccc3)c2)nc1CCOc1ccc(CCC(=O)O)c(CNC(=O)C2C=C(Cl)SC2Cl)c1. The summed E-state index contributed by atoms with van der Waals surface area (Å²) in [6.45, 7) is 2.45. The van der Waals surface area contributed by atoms with E-state index in [1.807, 2.05) is 55.5 Å². The molecule has 1 amide bonds. The maximum absolute atomic E-state index is 12.7. The number of rotatable bonds is 12. The standard InChI is InChI=1S/C33H30Cl2N2O5S/c1-20-28(37-33(42-20)24-9-5-8-23(16-24)21-6-3-2-4-7-21)14-15-41-26-12-10-22(11-13-30(38)39)25(17-26)19-36-32(40)27-18-29(34)43-31(27)35/h2-10,12,16-18,27,31H,11,13-15,19H2,1H3,(H,36,40)(H,38,39). The second-order valence-corrected chi connectivity index (χ2v) is 12.6. The summed E-state index contributed by atoms with van der Waals surface area (Å²) in [5.41, 5.74) is 5.51. The number of benzene rings is 3. The molecule has 0 aliphatic carbocycles. The van der Waals surface area contributed by atoms with Gasteiger partial charge in [0, 0.05) is 24.9 Å². The zero-order chi connectivity index (χ0) is 30.3. The third kappa shape index (κ3) is 8.02. The number of carboxylic acid groups (broad SMARTS) is 1. The number of nitrogens with one attached hydrogen (secondary N) is 1. The number of alkyl halides is 1. The Hall–Kier alpha value is -3.72. The van der Waals surface area contributed by atoms with Crippen molar-refractivity contribution in [2.75, 3.05) is 6.61 Å².